The summed E-state index contributed by atoms with van der Waals surface area (Å²) in [7, 11) is 0. The van der Waals surface area contributed by atoms with Crippen LogP contribution >= 0.6 is 22.9 Å². The molecule has 9 heteroatoms. The van der Waals surface area contributed by atoms with Gasteiger partial charge in [-0.2, -0.15) is 0 Å². The van der Waals surface area contributed by atoms with Crippen LogP contribution in [0.5, 0.6) is 0 Å². The third kappa shape index (κ3) is 5.40. The summed E-state index contributed by atoms with van der Waals surface area (Å²) in [5.74, 6) is -0.953. The number of carbonyl (C=O) groups excluding carboxylic acids is 2. The second-order valence-electron chi connectivity index (χ2n) is 7.48. The third-order valence-electron chi connectivity index (χ3n) is 5.29. The van der Waals surface area contributed by atoms with Gasteiger partial charge in [-0.05, 0) is 42.5 Å². The van der Waals surface area contributed by atoms with Gasteiger partial charge in [-0.15, -0.1) is 11.3 Å². The van der Waals surface area contributed by atoms with Crippen LogP contribution in [0.15, 0.2) is 60.0 Å². The molecule has 1 aromatic heterocycles. The fourth-order valence-electron chi connectivity index (χ4n) is 3.59. The summed E-state index contributed by atoms with van der Waals surface area (Å²) >= 11 is 7.16. The number of benzene rings is 2. The Balaban J connectivity index is 1.39. The molecule has 0 spiro atoms. The van der Waals surface area contributed by atoms with Crippen LogP contribution < -0.4 is 9.80 Å². The van der Waals surface area contributed by atoms with E-state index in [1.165, 1.54) is 41.4 Å². The number of rotatable bonds is 5. The van der Waals surface area contributed by atoms with Gasteiger partial charge >= 0.3 is 0 Å². The minimum Gasteiger partial charge on any atom is -0.368 e. The van der Waals surface area contributed by atoms with Crippen molar-refractivity contribution in [1.82, 2.24) is 9.88 Å². The molecule has 2 heterocycles. The molecule has 0 unspecified atom stereocenters. The zero-order valence-corrected chi connectivity index (χ0v) is 19.5. The van der Waals surface area contributed by atoms with E-state index < -0.39 is 5.82 Å². The smallest absolute Gasteiger partial charge is 0.246 e. The van der Waals surface area contributed by atoms with E-state index in [0.29, 0.717) is 28.9 Å². The van der Waals surface area contributed by atoms with Crippen LogP contribution in [0.2, 0.25) is 5.02 Å². The first-order valence-electron chi connectivity index (χ1n) is 10.4. The highest BCUT2D eigenvalue weighted by atomic mass is 35.5. The number of halogens is 2. The number of aromatic nitrogens is 1. The van der Waals surface area contributed by atoms with Gasteiger partial charge in [0.05, 0.1) is 11.4 Å². The number of carbonyl (C=O) groups is 2. The minimum absolute atomic E-state index is 0.0992. The van der Waals surface area contributed by atoms with Crippen molar-refractivity contribution in [3.05, 3.63) is 76.5 Å². The average Bonchev–Trinajstić information content (AvgIpc) is 3.28. The van der Waals surface area contributed by atoms with Gasteiger partial charge in [-0.25, -0.2) is 9.37 Å². The van der Waals surface area contributed by atoms with Gasteiger partial charge in [0.1, 0.15) is 5.82 Å². The summed E-state index contributed by atoms with van der Waals surface area (Å²) in [5.41, 5.74) is 1.76. The number of piperazine rings is 1. The second kappa shape index (κ2) is 10.1. The third-order valence-corrected chi connectivity index (χ3v) is 6.39. The van der Waals surface area contributed by atoms with Gasteiger partial charge in [0.25, 0.3) is 0 Å². The topological polar surface area (TPSA) is 56.8 Å². The summed E-state index contributed by atoms with van der Waals surface area (Å²) in [6, 6.07) is 13.7. The summed E-state index contributed by atoms with van der Waals surface area (Å²) in [4.78, 5) is 34.4. The molecule has 0 atom stereocenters. The fourth-order valence-corrected chi connectivity index (χ4v) is 4.57. The van der Waals surface area contributed by atoms with Crippen molar-refractivity contribution >= 4 is 57.3 Å². The Morgan fingerprint density at radius 1 is 1.09 bits per heavy atom. The lowest BCUT2D eigenvalue weighted by molar-refractivity contribution is -0.126. The molecular weight excluding hydrogens is 463 g/mol. The van der Waals surface area contributed by atoms with E-state index in [1.807, 2.05) is 24.3 Å². The van der Waals surface area contributed by atoms with Gasteiger partial charge in [0, 0.05) is 55.3 Å². The van der Waals surface area contributed by atoms with E-state index in [-0.39, 0.29) is 17.5 Å². The molecule has 1 saturated heterocycles. The van der Waals surface area contributed by atoms with Crippen molar-refractivity contribution in [2.75, 3.05) is 36.0 Å². The monoisotopic (exact) mass is 484 g/mol. The van der Waals surface area contributed by atoms with Crippen LogP contribution in [-0.2, 0) is 9.59 Å². The maximum Gasteiger partial charge on any atom is 0.246 e. The van der Waals surface area contributed by atoms with Crippen LogP contribution in [-0.4, -0.2) is 47.9 Å². The number of nitrogens with zero attached hydrogens (tertiary/aromatic N) is 4. The van der Waals surface area contributed by atoms with Crippen LogP contribution in [0, 0.1) is 5.82 Å². The SMILES string of the molecule is CC(=O)N(c1nc(C=CC(=O)N2CCN(c3ccc(Cl)cc3)CC2)cs1)c1ccccc1F. The van der Waals surface area contributed by atoms with E-state index in [2.05, 4.69) is 9.88 Å². The van der Waals surface area contributed by atoms with E-state index in [0.717, 1.165) is 18.8 Å². The maximum absolute atomic E-state index is 14.2. The fraction of sp³-hybridized carbons (Fsp3) is 0.208. The Bertz CT molecular complexity index is 1170. The first-order valence-corrected chi connectivity index (χ1v) is 11.7. The number of anilines is 3. The van der Waals surface area contributed by atoms with Gasteiger partial charge in [0.15, 0.2) is 5.13 Å². The van der Waals surface area contributed by atoms with E-state index in [4.69, 9.17) is 11.6 Å². The van der Waals surface area contributed by atoms with Crippen LogP contribution in [0.1, 0.15) is 12.6 Å². The summed E-state index contributed by atoms with van der Waals surface area (Å²) < 4.78 is 14.2. The quantitative estimate of drug-likeness (QED) is 0.479. The van der Waals surface area contributed by atoms with Crippen LogP contribution in [0.25, 0.3) is 6.08 Å². The molecule has 0 aliphatic carbocycles. The summed E-state index contributed by atoms with van der Waals surface area (Å²) in [6.45, 7) is 4.05. The highest BCUT2D eigenvalue weighted by Crippen LogP contribution is 2.31. The van der Waals surface area contributed by atoms with Gasteiger partial charge in [-0.1, -0.05) is 23.7 Å². The molecule has 1 fully saturated rings. The maximum atomic E-state index is 14.2. The molecule has 0 N–H and O–H groups in total. The first-order chi connectivity index (χ1) is 15.9. The Hall–Kier alpha value is -3.23. The van der Waals surface area contributed by atoms with Gasteiger partial charge in [-0.3, -0.25) is 14.5 Å². The molecule has 6 nitrogen and oxygen atoms in total. The lowest BCUT2D eigenvalue weighted by Crippen LogP contribution is -2.48. The predicted molar refractivity (Wildman–Crippen MR) is 131 cm³/mol. The lowest BCUT2D eigenvalue weighted by atomic mass is 10.2. The predicted octanol–water partition coefficient (Wildman–Crippen LogP) is 4.98. The van der Waals surface area contributed by atoms with Crippen LogP contribution in [0.3, 0.4) is 0 Å². The van der Waals surface area contributed by atoms with E-state index in [9.17, 15) is 14.0 Å². The zero-order valence-electron chi connectivity index (χ0n) is 17.9. The van der Waals surface area contributed by atoms with Gasteiger partial charge < -0.3 is 9.80 Å². The minimum atomic E-state index is -0.507. The number of para-hydroxylation sites is 1. The Morgan fingerprint density at radius 2 is 1.79 bits per heavy atom. The molecule has 170 valence electrons. The first kappa shape index (κ1) is 22.9. The molecule has 33 heavy (non-hydrogen) atoms. The van der Waals surface area contributed by atoms with Crippen molar-refractivity contribution in [2.24, 2.45) is 0 Å². The molecule has 0 bridgehead atoms. The van der Waals surface area contributed by atoms with E-state index in [1.54, 1.807) is 28.5 Å². The highest BCUT2D eigenvalue weighted by molar-refractivity contribution is 7.14. The average molecular weight is 485 g/mol. The van der Waals surface area contributed by atoms with Crippen LogP contribution in [0.4, 0.5) is 20.9 Å². The van der Waals surface area contributed by atoms with Crippen molar-refractivity contribution in [3.63, 3.8) is 0 Å². The molecule has 4 rings (SSSR count). The normalized spacial score (nSPS) is 14.0. The van der Waals surface area contributed by atoms with Gasteiger partial charge in [0.2, 0.25) is 11.8 Å². The molecule has 3 aromatic rings. The summed E-state index contributed by atoms with van der Waals surface area (Å²) in [6.07, 6.45) is 3.10. The summed E-state index contributed by atoms with van der Waals surface area (Å²) in [5, 5.41) is 2.77. The molecule has 1 aliphatic rings. The Labute approximate surface area is 200 Å². The van der Waals surface area contributed by atoms with Crippen molar-refractivity contribution in [3.8, 4) is 0 Å². The zero-order chi connectivity index (χ0) is 23.4. The number of hydrogen-bond donors (Lipinski definition) is 0. The standard InChI is InChI=1S/C24H22ClFN4O2S/c1-17(31)30(22-5-3-2-4-21(22)26)24-27-19(16-33-24)8-11-23(32)29-14-12-28(13-15-29)20-9-6-18(25)7-10-20/h2-11,16H,12-15H2,1H3. The second-order valence-corrected chi connectivity index (χ2v) is 8.76. The molecule has 0 radical (unpaired) electrons. The molecule has 0 saturated carbocycles. The molecule has 1 aliphatic heterocycles. The van der Waals surface area contributed by atoms with Crippen molar-refractivity contribution in [1.29, 1.82) is 0 Å². The molecular formula is C24H22ClFN4O2S. The largest absolute Gasteiger partial charge is 0.368 e. The number of hydrogen-bond acceptors (Lipinski definition) is 5. The van der Waals surface area contributed by atoms with Crippen molar-refractivity contribution < 1.29 is 14.0 Å². The van der Waals surface area contributed by atoms with Crippen molar-refractivity contribution in [2.45, 2.75) is 6.92 Å². The molecule has 2 aromatic carbocycles. The molecule has 2 amide bonds. The Kier molecular flexibility index (Phi) is 7.05. The van der Waals surface area contributed by atoms with E-state index >= 15 is 0 Å². The highest BCUT2D eigenvalue weighted by Gasteiger charge is 2.22. The Morgan fingerprint density at radius 3 is 2.45 bits per heavy atom. The lowest BCUT2D eigenvalue weighted by Gasteiger charge is -2.35. The number of amides is 2. The number of thiazole rings is 1.